The number of hydrogen-bond acceptors (Lipinski definition) is 6. The summed E-state index contributed by atoms with van der Waals surface area (Å²) in [5.74, 6) is -0.899. The fourth-order valence-corrected chi connectivity index (χ4v) is 2.39. The molecule has 0 saturated carbocycles. The standard InChI is InChI=1S/C13H21N3O5S/c1-13(2,9-17)11(18)12(19)15-7-8-22(20,21)16-10-5-3-4-6-14-10/h3-6,11,17-18H,7-9H2,1-2H3,(H,14,16)(H,15,19). The molecule has 0 aliphatic rings. The van der Waals surface area contributed by atoms with Gasteiger partial charge in [0.2, 0.25) is 15.9 Å². The van der Waals surface area contributed by atoms with Crippen molar-refractivity contribution in [3.8, 4) is 0 Å². The Kier molecular flexibility index (Phi) is 6.27. The normalized spacial score (nSPS) is 13.5. The Balaban J connectivity index is 2.48. The summed E-state index contributed by atoms with van der Waals surface area (Å²) in [4.78, 5) is 15.5. The Morgan fingerprint density at radius 1 is 1.41 bits per heavy atom. The number of rotatable bonds is 8. The van der Waals surface area contributed by atoms with E-state index in [1.807, 2.05) is 0 Å². The Bertz CT molecular complexity index is 589. The van der Waals surface area contributed by atoms with E-state index in [-0.39, 0.29) is 24.7 Å². The highest BCUT2D eigenvalue weighted by molar-refractivity contribution is 7.92. The quantitative estimate of drug-likeness (QED) is 0.499. The van der Waals surface area contributed by atoms with E-state index in [1.54, 1.807) is 12.1 Å². The Morgan fingerprint density at radius 3 is 2.64 bits per heavy atom. The first-order valence-electron chi connectivity index (χ1n) is 6.66. The van der Waals surface area contributed by atoms with Crippen LogP contribution in [0.5, 0.6) is 0 Å². The van der Waals surface area contributed by atoms with Crippen molar-refractivity contribution >= 4 is 21.7 Å². The zero-order chi connectivity index (χ0) is 16.8. The number of anilines is 1. The number of pyridine rings is 1. The third kappa shape index (κ3) is 5.58. The van der Waals surface area contributed by atoms with E-state index >= 15 is 0 Å². The summed E-state index contributed by atoms with van der Waals surface area (Å²) < 4.78 is 25.9. The molecule has 0 bridgehead atoms. The second-order valence-electron chi connectivity index (χ2n) is 5.48. The van der Waals surface area contributed by atoms with Gasteiger partial charge in [-0.05, 0) is 12.1 Å². The first-order valence-corrected chi connectivity index (χ1v) is 8.31. The molecular weight excluding hydrogens is 310 g/mol. The smallest absolute Gasteiger partial charge is 0.249 e. The van der Waals surface area contributed by atoms with Crippen molar-refractivity contribution in [1.29, 1.82) is 0 Å². The first kappa shape index (κ1) is 18.3. The predicted molar refractivity (Wildman–Crippen MR) is 81.5 cm³/mol. The van der Waals surface area contributed by atoms with Crippen molar-refractivity contribution in [2.24, 2.45) is 5.41 Å². The second-order valence-corrected chi connectivity index (χ2v) is 7.32. The molecule has 0 radical (unpaired) electrons. The highest BCUT2D eigenvalue weighted by Crippen LogP contribution is 2.19. The first-order chi connectivity index (χ1) is 10.2. The van der Waals surface area contributed by atoms with E-state index in [0.717, 1.165) is 0 Å². The highest BCUT2D eigenvalue weighted by atomic mass is 32.2. The fourth-order valence-electron chi connectivity index (χ4n) is 1.48. The molecule has 0 aliphatic heterocycles. The second kappa shape index (κ2) is 7.52. The van der Waals surface area contributed by atoms with Gasteiger partial charge in [0.05, 0.1) is 12.4 Å². The number of amides is 1. The van der Waals surface area contributed by atoms with Crippen molar-refractivity contribution in [3.05, 3.63) is 24.4 Å². The minimum absolute atomic E-state index is 0.167. The van der Waals surface area contributed by atoms with Crippen LogP contribution < -0.4 is 10.0 Å². The van der Waals surface area contributed by atoms with Gasteiger partial charge in [0.25, 0.3) is 0 Å². The van der Waals surface area contributed by atoms with E-state index in [0.29, 0.717) is 0 Å². The van der Waals surface area contributed by atoms with Gasteiger partial charge in [-0.2, -0.15) is 0 Å². The van der Waals surface area contributed by atoms with Gasteiger partial charge >= 0.3 is 0 Å². The van der Waals surface area contributed by atoms with Crippen LogP contribution in [-0.4, -0.2) is 54.5 Å². The Morgan fingerprint density at radius 2 is 2.09 bits per heavy atom. The molecule has 9 heteroatoms. The summed E-state index contributed by atoms with van der Waals surface area (Å²) >= 11 is 0. The highest BCUT2D eigenvalue weighted by Gasteiger charge is 2.32. The van der Waals surface area contributed by atoms with Crippen molar-refractivity contribution in [3.63, 3.8) is 0 Å². The Labute approximate surface area is 129 Å². The molecule has 1 rings (SSSR count). The van der Waals surface area contributed by atoms with Gasteiger partial charge in [0.15, 0.2) is 0 Å². The van der Waals surface area contributed by atoms with Crippen molar-refractivity contribution in [2.45, 2.75) is 20.0 Å². The van der Waals surface area contributed by atoms with Gasteiger partial charge in [0.1, 0.15) is 11.9 Å². The lowest BCUT2D eigenvalue weighted by Crippen LogP contribution is -2.46. The lowest BCUT2D eigenvalue weighted by Gasteiger charge is -2.27. The fraction of sp³-hybridized carbons (Fsp3) is 0.538. The summed E-state index contributed by atoms with van der Waals surface area (Å²) in [5.41, 5.74) is -1.00. The van der Waals surface area contributed by atoms with Crippen molar-refractivity contribution < 1.29 is 23.4 Å². The number of aromatic nitrogens is 1. The van der Waals surface area contributed by atoms with Crippen LogP contribution in [0, 0.1) is 5.41 Å². The van der Waals surface area contributed by atoms with E-state index in [1.165, 1.54) is 26.1 Å². The van der Waals surface area contributed by atoms with Crippen LogP contribution in [0.3, 0.4) is 0 Å². The van der Waals surface area contributed by atoms with E-state index in [2.05, 4.69) is 15.0 Å². The number of hydrogen-bond donors (Lipinski definition) is 4. The third-order valence-corrected chi connectivity index (χ3v) is 4.25. The van der Waals surface area contributed by atoms with Gasteiger partial charge in [0, 0.05) is 18.2 Å². The molecule has 1 amide bonds. The maximum Gasteiger partial charge on any atom is 0.249 e. The maximum absolute atomic E-state index is 11.8. The van der Waals surface area contributed by atoms with Gasteiger partial charge < -0.3 is 15.5 Å². The zero-order valence-corrected chi connectivity index (χ0v) is 13.3. The molecule has 1 aromatic heterocycles. The number of aliphatic hydroxyl groups is 2. The van der Waals surface area contributed by atoms with Gasteiger partial charge in [-0.25, -0.2) is 13.4 Å². The summed E-state index contributed by atoms with van der Waals surface area (Å²) in [6, 6.07) is 4.80. The van der Waals surface area contributed by atoms with Gasteiger partial charge in [-0.3, -0.25) is 9.52 Å². The number of sulfonamides is 1. The molecule has 0 aliphatic carbocycles. The van der Waals surface area contributed by atoms with Crippen LogP contribution in [0.4, 0.5) is 5.82 Å². The lowest BCUT2D eigenvalue weighted by atomic mass is 9.87. The zero-order valence-electron chi connectivity index (χ0n) is 12.5. The molecule has 1 aromatic rings. The lowest BCUT2D eigenvalue weighted by molar-refractivity contribution is -0.136. The molecule has 8 nitrogen and oxygen atoms in total. The molecule has 1 heterocycles. The monoisotopic (exact) mass is 331 g/mol. The van der Waals surface area contributed by atoms with Gasteiger partial charge in [-0.1, -0.05) is 19.9 Å². The number of carbonyl (C=O) groups is 1. The summed E-state index contributed by atoms with van der Waals surface area (Å²) in [5, 5.41) is 21.2. The molecule has 0 fully saturated rings. The third-order valence-electron chi connectivity index (χ3n) is 2.99. The van der Waals surface area contributed by atoms with Crippen LogP contribution in [0.15, 0.2) is 24.4 Å². The molecular formula is C13H21N3O5S. The number of carbonyl (C=O) groups excluding carboxylic acids is 1. The van der Waals surface area contributed by atoms with Crippen molar-refractivity contribution in [1.82, 2.24) is 10.3 Å². The van der Waals surface area contributed by atoms with E-state index < -0.39 is 27.4 Å². The summed E-state index contributed by atoms with van der Waals surface area (Å²) in [6.45, 7) is 2.51. The van der Waals surface area contributed by atoms with Crippen molar-refractivity contribution in [2.75, 3.05) is 23.6 Å². The SMILES string of the molecule is CC(C)(CO)C(O)C(=O)NCCS(=O)(=O)Nc1ccccn1. The predicted octanol–water partition coefficient (Wildman–Crippen LogP) is -0.681. The molecule has 1 atom stereocenters. The molecule has 0 spiro atoms. The minimum Gasteiger partial charge on any atom is -0.396 e. The maximum atomic E-state index is 11.8. The molecule has 22 heavy (non-hydrogen) atoms. The van der Waals surface area contributed by atoms with Crippen LogP contribution in [0.2, 0.25) is 0 Å². The summed E-state index contributed by atoms with van der Waals surface area (Å²) in [6.07, 6.45) is 0.0245. The molecule has 1 unspecified atom stereocenters. The van der Waals surface area contributed by atoms with E-state index in [9.17, 15) is 18.3 Å². The average molecular weight is 331 g/mol. The Hall–Kier alpha value is -1.71. The average Bonchev–Trinajstić information content (AvgIpc) is 2.46. The molecule has 4 N–H and O–H groups in total. The van der Waals surface area contributed by atoms with Gasteiger partial charge in [-0.15, -0.1) is 0 Å². The van der Waals surface area contributed by atoms with E-state index in [4.69, 9.17) is 5.11 Å². The van der Waals surface area contributed by atoms with Crippen LogP contribution in [0.25, 0.3) is 0 Å². The van der Waals surface area contributed by atoms with Crippen LogP contribution in [0.1, 0.15) is 13.8 Å². The topological polar surface area (TPSA) is 129 Å². The minimum atomic E-state index is -3.66. The van der Waals surface area contributed by atoms with Crippen LogP contribution in [-0.2, 0) is 14.8 Å². The number of nitrogens with one attached hydrogen (secondary N) is 2. The molecule has 124 valence electrons. The largest absolute Gasteiger partial charge is 0.396 e. The molecule has 0 aromatic carbocycles. The number of nitrogens with zero attached hydrogens (tertiary/aromatic N) is 1. The van der Waals surface area contributed by atoms with Crippen LogP contribution >= 0.6 is 0 Å². The number of aliphatic hydroxyl groups excluding tert-OH is 2. The molecule has 0 saturated heterocycles. The summed E-state index contributed by atoms with van der Waals surface area (Å²) in [7, 11) is -3.66.